The van der Waals surface area contributed by atoms with Gasteiger partial charge in [0.15, 0.2) is 6.61 Å². The van der Waals surface area contributed by atoms with Crippen molar-refractivity contribution in [1.82, 2.24) is 5.32 Å². The predicted molar refractivity (Wildman–Crippen MR) is 87.1 cm³/mol. The van der Waals surface area contributed by atoms with Gasteiger partial charge in [-0.05, 0) is 43.5 Å². The molecule has 2 rings (SSSR count). The standard InChI is InChI=1S/C15H20ClFN2O2.ClH/c16-12-7-11(17)5-6-14(12)21-9-15(20)19-13-4-2-1-3-10(13)8-18;/h5-7,10,13H,1-4,8-9,18H2,(H,19,20);1H. The van der Waals surface area contributed by atoms with Crippen LogP contribution in [0, 0.1) is 11.7 Å². The first kappa shape index (κ1) is 19.0. The fourth-order valence-corrected chi connectivity index (χ4v) is 2.89. The number of benzene rings is 1. The van der Waals surface area contributed by atoms with Crippen molar-refractivity contribution in [3.8, 4) is 5.75 Å². The van der Waals surface area contributed by atoms with Gasteiger partial charge in [0, 0.05) is 6.04 Å². The third-order valence-electron chi connectivity index (χ3n) is 3.81. The van der Waals surface area contributed by atoms with E-state index < -0.39 is 5.82 Å². The lowest BCUT2D eigenvalue weighted by Gasteiger charge is -2.31. The second-order valence-corrected chi connectivity index (χ2v) is 5.72. The first-order valence-corrected chi connectivity index (χ1v) is 7.55. The van der Waals surface area contributed by atoms with E-state index >= 15 is 0 Å². The number of hydrogen-bond acceptors (Lipinski definition) is 3. The molecule has 2 atom stereocenters. The third kappa shape index (κ3) is 5.30. The Morgan fingerprint density at radius 2 is 2.14 bits per heavy atom. The van der Waals surface area contributed by atoms with Gasteiger partial charge in [-0.15, -0.1) is 12.4 Å². The average molecular weight is 351 g/mol. The SMILES string of the molecule is Cl.NCC1CCCCC1NC(=O)COc1ccc(F)cc1Cl. The van der Waals surface area contributed by atoms with E-state index in [1.165, 1.54) is 12.1 Å². The molecule has 1 aromatic rings. The van der Waals surface area contributed by atoms with Crippen LogP contribution in [0.25, 0.3) is 0 Å². The first-order valence-electron chi connectivity index (χ1n) is 7.17. The van der Waals surface area contributed by atoms with Gasteiger partial charge < -0.3 is 15.8 Å². The van der Waals surface area contributed by atoms with Gasteiger partial charge in [0.2, 0.25) is 0 Å². The van der Waals surface area contributed by atoms with Crippen molar-refractivity contribution < 1.29 is 13.9 Å². The fraction of sp³-hybridized carbons (Fsp3) is 0.533. The van der Waals surface area contributed by atoms with E-state index in [1.54, 1.807) is 0 Å². The summed E-state index contributed by atoms with van der Waals surface area (Å²) in [4.78, 5) is 11.9. The number of rotatable bonds is 5. The second kappa shape index (κ2) is 9.18. The summed E-state index contributed by atoms with van der Waals surface area (Å²) in [5, 5.41) is 3.11. The smallest absolute Gasteiger partial charge is 0.258 e. The van der Waals surface area contributed by atoms with Crippen molar-refractivity contribution >= 4 is 29.9 Å². The molecule has 0 aromatic heterocycles. The molecule has 0 saturated heterocycles. The van der Waals surface area contributed by atoms with Crippen LogP contribution >= 0.6 is 24.0 Å². The molecule has 1 aliphatic rings. The molecule has 0 aliphatic heterocycles. The van der Waals surface area contributed by atoms with Crippen LogP contribution in [0.4, 0.5) is 4.39 Å². The van der Waals surface area contributed by atoms with Crippen LogP contribution in [0.15, 0.2) is 18.2 Å². The van der Waals surface area contributed by atoms with Gasteiger partial charge in [-0.25, -0.2) is 4.39 Å². The lowest BCUT2D eigenvalue weighted by molar-refractivity contribution is -0.124. The van der Waals surface area contributed by atoms with Crippen molar-refractivity contribution in [3.63, 3.8) is 0 Å². The number of nitrogens with one attached hydrogen (secondary N) is 1. The van der Waals surface area contributed by atoms with Crippen molar-refractivity contribution in [3.05, 3.63) is 29.0 Å². The number of hydrogen-bond donors (Lipinski definition) is 2. The summed E-state index contributed by atoms with van der Waals surface area (Å²) in [6, 6.07) is 3.92. The van der Waals surface area contributed by atoms with E-state index in [-0.39, 0.29) is 36.0 Å². The Hall–Kier alpha value is -1.04. The maximum Gasteiger partial charge on any atom is 0.258 e. The van der Waals surface area contributed by atoms with Gasteiger partial charge >= 0.3 is 0 Å². The van der Waals surface area contributed by atoms with Crippen molar-refractivity contribution in [2.75, 3.05) is 13.2 Å². The highest BCUT2D eigenvalue weighted by Gasteiger charge is 2.25. The third-order valence-corrected chi connectivity index (χ3v) is 4.11. The van der Waals surface area contributed by atoms with Crippen molar-refractivity contribution in [2.24, 2.45) is 11.7 Å². The highest BCUT2D eigenvalue weighted by molar-refractivity contribution is 6.32. The number of nitrogens with two attached hydrogens (primary N) is 1. The molecule has 124 valence electrons. The number of carbonyl (C=O) groups is 1. The van der Waals surface area contributed by atoms with E-state index in [0.29, 0.717) is 18.2 Å². The molecule has 4 nitrogen and oxygen atoms in total. The molecule has 1 saturated carbocycles. The van der Waals surface area contributed by atoms with Crippen LogP contribution in [0.2, 0.25) is 5.02 Å². The number of amides is 1. The summed E-state index contributed by atoms with van der Waals surface area (Å²) >= 11 is 5.84. The molecule has 1 aromatic carbocycles. The molecule has 1 aliphatic carbocycles. The quantitative estimate of drug-likeness (QED) is 0.857. The topological polar surface area (TPSA) is 64.3 Å². The molecule has 2 unspecified atom stereocenters. The Labute approximate surface area is 140 Å². The Morgan fingerprint density at radius 3 is 2.82 bits per heavy atom. The van der Waals surface area contributed by atoms with E-state index in [4.69, 9.17) is 22.1 Å². The highest BCUT2D eigenvalue weighted by Crippen LogP contribution is 2.25. The first-order chi connectivity index (χ1) is 10.1. The zero-order valence-electron chi connectivity index (χ0n) is 12.2. The molecule has 1 fully saturated rings. The fourth-order valence-electron chi connectivity index (χ4n) is 2.66. The summed E-state index contributed by atoms with van der Waals surface area (Å²) in [6.45, 7) is 0.439. The summed E-state index contributed by atoms with van der Waals surface area (Å²) in [5.74, 6) is -0.0186. The minimum Gasteiger partial charge on any atom is -0.482 e. The van der Waals surface area contributed by atoms with Gasteiger partial charge in [0.1, 0.15) is 11.6 Å². The van der Waals surface area contributed by atoms with Crippen molar-refractivity contribution in [1.29, 1.82) is 0 Å². The van der Waals surface area contributed by atoms with Crippen molar-refractivity contribution in [2.45, 2.75) is 31.7 Å². The Morgan fingerprint density at radius 1 is 1.41 bits per heavy atom. The minimum atomic E-state index is -0.440. The van der Waals surface area contributed by atoms with E-state index in [0.717, 1.165) is 31.7 Å². The molecular weight excluding hydrogens is 330 g/mol. The molecular formula is C15H21Cl2FN2O2. The van der Waals surface area contributed by atoms with Gasteiger partial charge in [0.05, 0.1) is 5.02 Å². The molecule has 3 N–H and O–H groups in total. The monoisotopic (exact) mass is 350 g/mol. The van der Waals surface area contributed by atoms with E-state index in [1.807, 2.05) is 0 Å². The Kier molecular flexibility index (Phi) is 7.93. The average Bonchev–Trinajstić information content (AvgIpc) is 2.47. The lowest BCUT2D eigenvalue weighted by Crippen LogP contribution is -2.46. The lowest BCUT2D eigenvalue weighted by atomic mass is 9.84. The van der Waals surface area contributed by atoms with Crippen LogP contribution in [0.1, 0.15) is 25.7 Å². The zero-order chi connectivity index (χ0) is 15.2. The number of carbonyl (C=O) groups excluding carboxylic acids is 1. The second-order valence-electron chi connectivity index (χ2n) is 5.32. The van der Waals surface area contributed by atoms with Crippen LogP contribution in [0.5, 0.6) is 5.75 Å². The number of ether oxygens (including phenoxy) is 1. The molecule has 22 heavy (non-hydrogen) atoms. The van der Waals surface area contributed by atoms with Crippen LogP contribution in [-0.4, -0.2) is 25.1 Å². The maximum absolute atomic E-state index is 12.9. The molecule has 0 radical (unpaired) electrons. The number of halogens is 3. The maximum atomic E-state index is 12.9. The molecule has 0 bridgehead atoms. The molecule has 7 heteroatoms. The molecule has 0 spiro atoms. The Balaban J connectivity index is 0.00000242. The van der Waals surface area contributed by atoms with Gasteiger partial charge in [-0.2, -0.15) is 0 Å². The zero-order valence-corrected chi connectivity index (χ0v) is 13.8. The highest BCUT2D eigenvalue weighted by atomic mass is 35.5. The summed E-state index contributed by atoms with van der Waals surface area (Å²) < 4.78 is 18.2. The molecule has 1 amide bonds. The predicted octanol–water partition coefficient (Wildman–Crippen LogP) is 2.91. The van der Waals surface area contributed by atoms with Crippen LogP contribution < -0.4 is 15.8 Å². The van der Waals surface area contributed by atoms with E-state index in [9.17, 15) is 9.18 Å². The summed E-state index contributed by atoms with van der Waals surface area (Å²) in [5.41, 5.74) is 5.73. The largest absolute Gasteiger partial charge is 0.482 e. The van der Waals surface area contributed by atoms with Gasteiger partial charge in [-0.1, -0.05) is 24.4 Å². The van der Waals surface area contributed by atoms with Gasteiger partial charge in [-0.3, -0.25) is 4.79 Å². The minimum absolute atomic E-state index is 0. The van der Waals surface area contributed by atoms with Gasteiger partial charge in [0.25, 0.3) is 5.91 Å². The normalized spacial score (nSPS) is 20.9. The van der Waals surface area contributed by atoms with Crippen LogP contribution in [-0.2, 0) is 4.79 Å². The summed E-state index contributed by atoms with van der Waals surface area (Å²) in [7, 11) is 0. The Bertz CT molecular complexity index is 502. The van der Waals surface area contributed by atoms with E-state index in [2.05, 4.69) is 5.32 Å². The molecule has 0 heterocycles. The van der Waals surface area contributed by atoms with Crippen LogP contribution in [0.3, 0.4) is 0 Å². The summed E-state index contributed by atoms with van der Waals surface area (Å²) in [6.07, 6.45) is 4.26.